The lowest BCUT2D eigenvalue weighted by Gasteiger charge is -1.93. The van der Waals surface area contributed by atoms with Crippen molar-refractivity contribution < 1.29 is 9.53 Å². The van der Waals surface area contributed by atoms with Crippen molar-refractivity contribution >= 4 is 5.97 Å². The lowest BCUT2D eigenvalue weighted by atomic mass is 10.5. The number of ether oxygens (including phenoxy) is 1. The van der Waals surface area contributed by atoms with Crippen LogP contribution in [0.15, 0.2) is 18.6 Å². The summed E-state index contributed by atoms with van der Waals surface area (Å²) in [4.78, 5) is 18.0. The molecule has 4 heteroatoms. The summed E-state index contributed by atoms with van der Waals surface area (Å²) in [6, 6.07) is 0. The molecule has 0 saturated heterocycles. The average Bonchev–Trinajstić information content (AvgIpc) is 2.05. The molecular weight excluding hydrogens is 132 g/mol. The van der Waals surface area contributed by atoms with Gasteiger partial charge in [-0.3, -0.25) is 4.98 Å². The summed E-state index contributed by atoms with van der Waals surface area (Å²) in [7, 11) is 2.94. The van der Waals surface area contributed by atoms with Crippen molar-refractivity contribution in [2.24, 2.45) is 0 Å². The Balaban J connectivity index is 2.85. The molecule has 0 aliphatic carbocycles. The molecule has 1 radical (unpaired) electrons. The summed E-state index contributed by atoms with van der Waals surface area (Å²) < 4.78 is 4.14. The van der Waals surface area contributed by atoms with Gasteiger partial charge in [0, 0.05) is 12.4 Å². The Morgan fingerprint density at radius 3 is 2.90 bits per heavy atom. The van der Waals surface area contributed by atoms with Crippen molar-refractivity contribution in [1.82, 2.24) is 9.97 Å². The van der Waals surface area contributed by atoms with Crippen LogP contribution in [0.2, 0.25) is 0 Å². The fourth-order valence-electron chi connectivity index (χ4n) is 0.478. The first-order valence-corrected chi connectivity index (χ1v) is 2.57. The molecule has 0 aliphatic heterocycles. The molecule has 0 aliphatic rings. The monoisotopic (exact) mass is 137 g/mol. The second kappa shape index (κ2) is 2.91. The zero-order valence-corrected chi connectivity index (χ0v) is 5.15. The molecule has 0 fully saturated rings. The molecule has 10 heavy (non-hydrogen) atoms. The highest BCUT2D eigenvalue weighted by molar-refractivity contribution is 5.86. The van der Waals surface area contributed by atoms with Crippen molar-refractivity contribution in [3.05, 3.63) is 31.4 Å². The van der Waals surface area contributed by atoms with Crippen LogP contribution in [-0.4, -0.2) is 15.9 Å². The zero-order valence-electron chi connectivity index (χ0n) is 5.15. The molecule has 1 aromatic heterocycles. The lowest BCUT2D eigenvalue weighted by Crippen LogP contribution is -2.02. The smallest absolute Gasteiger partial charge is 0.358 e. The Hall–Kier alpha value is -1.45. The maximum Gasteiger partial charge on any atom is 0.358 e. The molecule has 0 atom stereocenters. The van der Waals surface area contributed by atoms with Gasteiger partial charge in [0.1, 0.15) is 7.11 Å². The van der Waals surface area contributed by atoms with Crippen LogP contribution in [0.5, 0.6) is 0 Å². The van der Waals surface area contributed by atoms with Crippen LogP contribution in [-0.2, 0) is 4.74 Å². The first-order valence-electron chi connectivity index (χ1n) is 2.57. The summed E-state index contributed by atoms with van der Waals surface area (Å²) in [6.45, 7) is 0. The Kier molecular flexibility index (Phi) is 1.94. The predicted octanol–water partition coefficient (Wildman–Crippen LogP) is 0.425. The molecule has 4 nitrogen and oxygen atoms in total. The topological polar surface area (TPSA) is 52.1 Å². The minimum Gasteiger partial charge on any atom is -0.457 e. The molecule has 0 unspecified atom stereocenters. The molecule has 1 heterocycles. The third kappa shape index (κ3) is 1.28. The van der Waals surface area contributed by atoms with E-state index in [0.717, 1.165) is 0 Å². The second-order valence-electron chi connectivity index (χ2n) is 1.52. The fraction of sp³-hybridized carbons (Fsp3) is 0. The van der Waals surface area contributed by atoms with Gasteiger partial charge in [-0.1, -0.05) is 0 Å². The van der Waals surface area contributed by atoms with Crippen LogP contribution in [0.4, 0.5) is 0 Å². The number of aromatic nitrogens is 2. The number of hydrogen-bond acceptors (Lipinski definition) is 4. The van der Waals surface area contributed by atoms with E-state index in [1.165, 1.54) is 18.6 Å². The Morgan fingerprint density at radius 2 is 2.40 bits per heavy atom. The number of hydrogen-bond donors (Lipinski definition) is 0. The van der Waals surface area contributed by atoms with Crippen molar-refractivity contribution in [2.45, 2.75) is 0 Å². The van der Waals surface area contributed by atoms with Crippen LogP contribution in [0.25, 0.3) is 0 Å². The van der Waals surface area contributed by atoms with Crippen molar-refractivity contribution in [2.75, 3.05) is 0 Å². The minimum atomic E-state index is -0.576. The predicted molar refractivity (Wildman–Crippen MR) is 32.8 cm³/mol. The van der Waals surface area contributed by atoms with Gasteiger partial charge in [0.05, 0.1) is 6.20 Å². The molecule has 0 N–H and O–H groups in total. The van der Waals surface area contributed by atoms with E-state index in [0.29, 0.717) is 0 Å². The van der Waals surface area contributed by atoms with E-state index in [2.05, 4.69) is 21.8 Å². The largest absolute Gasteiger partial charge is 0.457 e. The highest BCUT2D eigenvalue weighted by Gasteiger charge is 2.04. The quantitative estimate of drug-likeness (QED) is 0.526. The van der Waals surface area contributed by atoms with Gasteiger partial charge in [-0.15, -0.1) is 0 Å². The first kappa shape index (κ1) is 6.67. The summed E-state index contributed by atoms with van der Waals surface area (Å²) in [6.07, 6.45) is 4.19. The number of nitrogens with zero attached hydrogens (tertiary/aromatic N) is 2. The highest BCUT2D eigenvalue weighted by atomic mass is 16.5. The molecule has 0 saturated carbocycles. The molecular formula is C6H5N2O2. The highest BCUT2D eigenvalue weighted by Crippen LogP contribution is 1.91. The summed E-state index contributed by atoms with van der Waals surface area (Å²) in [5, 5.41) is 0. The van der Waals surface area contributed by atoms with E-state index in [9.17, 15) is 4.79 Å². The van der Waals surface area contributed by atoms with Crippen LogP contribution < -0.4 is 0 Å². The van der Waals surface area contributed by atoms with Gasteiger partial charge in [-0.05, 0) is 0 Å². The Bertz CT molecular complexity index is 222. The SMILES string of the molecule is [CH2]OC(=O)c1cnccn1. The fourth-order valence-corrected chi connectivity index (χ4v) is 0.478. The van der Waals surface area contributed by atoms with Crippen molar-refractivity contribution in [3.8, 4) is 0 Å². The van der Waals surface area contributed by atoms with Gasteiger partial charge >= 0.3 is 5.97 Å². The lowest BCUT2D eigenvalue weighted by molar-refractivity contribution is 0.0647. The van der Waals surface area contributed by atoms with E-state index < -0.39 is 5.97 Å². The van der Waals surface area contributed by atoms with Crippen LogP contribution in [0.3, 0.4) is 0 Å². The molecule has 0 bridgehead atoms. The van der Waals surface area contributed by atoms with Crippen molar-refractivity contribution in [1.29, 1.82) is 0 Å². The van der Waals surface area contributed by atoms with Gasteiger partial charge in [-0.2, -0.15) is 0 Å². The van der Waals surface area contributed by atoms with E-state index in [4.69, 9.17) is 0 Å². The van der Waals surface area contributed by atoms with Crippen LogP contribution in [0.1, 0.15) is 10.5 Å². The molecule has 1 rings (SSSR count). The average molecular weight is 137 g/mol. The maximum atomic E-state index is 10.6. The molecule has 1 aromatic rings. The van der Waals surface area contributed by atoms with E-state index in [-0.39, 0.29) is 5.69 Å². The number of carbonyl (C=O) groups is 1. The van der Waals surface area contributed by atoms with Gasteiger partial charge in [-0.25, -0.2) is 9.78 Å². The van der Waals surface area contributed by atoms with Gasteiger partial charge < -0.3 is 4.74 Å². The van der Waals surface area contributed by atoms with Crippen LogP contribution in [0, 0.1) is 7.11 Å². The van der Waals surface area contributed by atoms with Gasteiger partial charge in [0.2, 0.25) is 0 Å². The number of carbonyl (C=O) groups excluding carboxylic acids is 1. The van der Waals surface area contributed by atoms with E-state index >= 15 is 0 Å². The normalized spacial score (nSPS) is 8.90. The maximum absolute atomic E-state index is 10.6. The molecule has 0 spiro atoms. The van der Waals surface area contributed by atoms with E-state index in [1.54, 1.807) is 0 Å². The standard InChI is InChI=1S/C6H5N2O2/c1-10-6(9)5-4-7-2-3-8-5/h2-4H,1H2. The Morgan fingerprint density at radius 1 is 1.60 bits per heavy atom. The van der Waals surface area contributed by atoms with Crippen molar-refractivity contribution in [3.63, 3.8) is 0 Å². The Labute approximate surface area is 57.9 Å². The minimum absolute atomic E-state index is 0.164. The van der Waals surface area contributed by atoms with Gasteiger partial charge in [0.25, 0.3) is 0 Å². The number of esters is 1. The third-order valence-electron chi connectivity index (χ3n) is 0.903. The zero-order chi connectivity index (χ0) is 7.40. The molecule has 0 aromatic carbocycles. The van der Waals surface area contributed by atoms with Crippen LogP contribution >= 0.6 is 0 Å². The molecule has 51 valence electrons. The summed E-state index contributed by atoms with van der Waals surface area (Å²) in [5.41, 5.74) is 0.164. The van der Waals surface area contributed by atoms with Gasteiger partial charge in [0.15, 0.2) is 5.69 Å². The van der Waals surface area contributed by atoms with E-state index in [1.807, 2.05) is 0 Å². The number of rotatable bonds is 1. The summed E-state index contributed by atoms with van der Waals surface area (Å²) >= 11 is 0. The third-order valence-corrected chi connectivity index (χ3v) is 0.903. The first-order chi connectivity index (χ1) is 4.84. The second-order valence-corrected chi connectivity index (χ2v) is 1.52. The molecule has 0 amide bonds. The summed E-state index contributed by atoms with van der Waals surface area (Å²) in [5.74, 6) is -0.576.